The van der Waals surface area contributed by atoms with E-state index < -0.39 is 0 Å². The highest BCUT2D eigenvalue weighted by atomic mass is 14.9. The average molecular weight is 184 g/mol. The van der Waals surface area contributed by atoms with E-state index in [2.05, 4.69) is 35.1 Å². The van der Waals surface area contributed by atoms with Crippen LogP contribution in [0.15, 0.2) is 24.5 Å². The highest BCUT2D eigenvalue weighted by Gasteiger charge is 2.19. The fourth-order valence-electron chi connectivity index (χ4n) is 2.26. The fourth-order valence-corrected chi connectivity index (χ4v) is 2.26. The Bertz CT molecular complexity index is 483. The van der Waals surface area contributed by atoms with Crippen LogP contribution in [0.2, 0.25) is 0 Å². The van der Waals surface area contributed by atoms with Crippen molar-refractivity contribution < 1.29 is 0 Å². The molecule has 1 aromatic heterocycles. The molecule has 0 atom stereocenters. The Morgan fingerprint density at radius 3 is 3.14 bits per heavy atom. The van der Waals surface area contributed by atoms with Crippen LogP contribution in [-0.2, 0) is 12.8 Å². The van der Waals surface area contributed by atoms with Gasteiger partial charge in [0.05, 0.1) is 12.0 Å². The summed E-state index contributed by atoms with van der Waals surface area (Å²) >= 11 is 0. The van der Waals surface area contributed by atoms with Crippen LogP contribution in [0.1, 0.15) is 16.8 Å². The van der Waals surface area contributed by atoms with Gasteiger partial charge in [-0.2, -0.15) is 0 Å². The molecule has 14 heavy (non-hydrogen) atoms. The number of aromatic nitrogens is 2. The van der Waals surface area contributed by atoms with Gasteiger partial charge in [-0.15, -0.1) is 0 Å². The summed E-state index contributed by atoms with van der Waals surface area (Å²) in [5, 5.41) is 0. The third kappa shape index (κ3) is 0.939. The number of rotatable bonds is 0. The number of benzene rings is 1. The molecule has 0 bridgehead atoms. The molecule has 70 valence electrons. The van der Waals surface area contributed by atoms with Crippen molar-refractivity contribution in [2.45, 2.75) is 19.8 Å². The Balaban J connectivity index is 2.34. The molecule has 1 heterocycles. The average Bonchev–Trinajstić information content (AvgIpc) is 2.65. The van der Waals surface area contributed by atoms with Gasteiger partial charge in [-0.25, -0.2) is 4.98 Å². The monoisotopic (exact) mass is 184 g/mol. The quantitative estimate of drug-likeness (QED) is 0.669. The summed E-state index contributed by atoms with van der Waals surface area (Å²) in [7, 11) is 0. The highest BCUT2D eigenvalue weighted by molar-refractivity contribution is 5.71. The summed E-state index contributed by atoms with van der Waals surface area (Å²) in [6.07, 6.45) is 4.02. The lowest BCUT2D eigenvalue weighted by molar-refractivity contribution is 0.906. The molecule has 0 fully saturated rings. The number of hydrogen-bond donors (Lipinski definition) is 1. The molecule has 1 aliphatic rings. The van der Waals surface area contributed by atoms with Crippen molar-refractivity contribution in [2.24, 2.45) is 0 Å². The molecular formula is C12H12N2. The Hall–Kier alpha value is -1.57. The van der Waals surface area contributed by atoms with Crippen molar-refractivity contribution in [2.75, 3.05) is 0 Å². The lowest BCUT2D eigenvalue weighted by atomic mass is 9.89. The molecule has 3 rings (SSSR count). The zero-order valence-electron chi connectivity index (χ0n) is 8.17. The van der Waals surface area contributed by atoms with Gasteiger partial charge in [0.2, 0.25) is 0 Å². The molecule has 2 nitrogen and oxygen atoms in total. The smallest absolute Gasteiger partial charge is 0.0929 e. The largest absolute Gasteiger partial charge is 0.348 e. The minimum absolute atomic E-state index is 1.09. The number of imidazole rings is 1. The van der Waals surface area contributed by atoms with Crippen molar-refractivity contribution in [3.63, 3.8) is 0 Å². The molecule has 2 heteroatoms. The molecule has 0 amide bonds. The summed E-state index contributed by atoms with van der Waals surface area (Å²) in [6.45, 7) is 2.16. The second-order valence-electron chi connectivity index (χ2n) is 3.84. The Morgan fingerprint density at radius 1 is 1.29 bits per heavy atom. The second-order valence-corrected chi connectivity index (χ2v) is 3.84. The van der Waals surface area contributed by atoms with Gasteiger partial charge in [-0.3, -0.25) is 0 Å². The van der Waals surface area contributed by atoms with Gasteiger partial charge in [0, 0.05) is 11.3 Å². The van der Waals surface area contributed by atoms with Gasteiger partial charge in [-0.1, -0.05) is 18.2 Å². The van der Waals surface area contributed by atoms with Crippen LogP contribution in [-0.4, -0.2) is 9.97 Å². The first-order valence-electron chi connectivity index (χ1n) is 4.97. The van der Waals surface area contributed by atoms with Crippen molar-refractivity contribution >= 4 is 0 Å². The second kappa shape index (κ2) is 2.71. The number of nitrogens with one attached hydrogen (secondary N) is 1. The first-order valence-corrected chi connectivity index (χ1v) is 4.97. The van der Waals surface area contributed by atoms with Crippen molar-refractivity contribution in [3.8, 4) is 11.3 Å². The lowest BCUT2D eigenvalue weighted by Crippen LogP contribution is -2.04. The molecule has 0 unspecified atom stereocenters. The van der Waals surface area contributed by atoms with Gasteiger partial charge in [-0.05, 0) is 30.9 Å². The SMILES string of the molecule is Cc1cccc2c1-c1nc[nH]c1CC2. The molecule has 0 saturated heterocycles. The van der Waals surface area contributed by atoms with Gasteiger partial charge in [0.15, 0.2) is 0 Å². The maximum Gasteiger partial charge on any atom is 0.0929 e. The van der Waals surface area contributed by atoms with Crippen LogP contribution in [0.5, 0.6) is 0 Å². The van der Waals surface area contributed by atoms with E-state index in [9.17, 15) is 0 Å². The molecule has 2 aromatic rings. The van der Waals surface area contributed by atoms with E-state index in [0.717, 1.165) is 18.5 Å². The minimum Gasteiger partial charge on any atom is -0.348 e. The summed E-state index contributed by atoms with van der Waals surface area (Å²) in [5.41, 5.74) is 6.55. The van der Waals surface area contributed by atoms with Crippen LogP contribution >= 0.6 is 0 Å². The summed E-state index contributed by atoms with van der Waals surface area (Å²) in [4.78, 5) is 7.62. The standard InChI is InChI=1S/C12H12N2/c1-8-3-2-4-9-5-6-10-12(11(8)9)14-7-13-10/h2-4,7H,5-6H2,1H3,(H,13,14). The molecule has 1 N–H and O–H groups in total. The predicted molar refractivity (Wildman–Crippen MR) is 56.2 cm³/mol. The van der Waals surface area contributed by atoms with E-state index in [1.807, 2.05) is 0 Å². The zero-order valence-corrected chi connectivity index (χ0v) is 8.17. The molecule has 0 radical (unpaired) electrons. The minimum atomic E-state index is 1.09. The van der Waals surface area contributed by atoms with Crippen LogP contribution in [0, 0.1) is 6.92 Å². The van der Waals surface area contributed by atoms with Crippen LogP contribution in [0.3, 0.4) is 0 Å². The van der Waals surface area contributed by atoms with E-state index in [0.29, 0.717) is 0 Å². The van der Waals surface area contributed by atoms with E-state index in [4.69, 9.17) is 0 Å². The third-order valence-electron chi connectivity index (χ3n) is 2.96. The van der Waals surface area contributed by atoms with Gasteiger partial charge in [0.25, 0.3) is 0 Å². The number of fused-ring (bicyclic) bond motifs is 3. The zero-order chi connectivity index (χ0) is 9.54. The highest BCUT2D eigenvalue weighted by Crippen LogP contribution is 2.33. The van der Waals surface area contributed by atoms with E-state index in [1.54, 1.807) is 6.33 Å². The molecule has 0 aliphatic heterocycles. The van der Waals surface area contributed by atoms with Crippen molar-refractivity contribution in [1.29, 1.82) is 0 Å². The summed E-state index contributed by atoms with van der Waals surface area (Å²) in [5.74, 6) is 0. The van der Waals surface area contributed by atoms with Gasteiger partial charge in [0.1, 0.15) is 0 Å². The fraction of sp³-hybridized carbons (Fsp3) is 0.250. The van der Waals surface area contributed by atoms with E-state index in [1.165, 1.54) is 22.4 Å². The van der Waals surface area contributed by atoms with Gasteiger partial charge >= 0.3 is 0 Å². The Kier molecular flexibility index (Phi) is 1.51. The maximum absolute atomic E-state index is 4.40. The van der Waals surface area contributed by atoms with Gasteiger partial charge < -0.3 is 4.98 Å². The molecule has 0 spiro atoms. The number of H-pyrrole nitrogens is 1. The number of aromatic amines is 1. The summed E-state index contributed by atoms with van der Waals surface area (Å²) in [6, 6.07) is 6.49. The maximum atomic E-state index is 4.40. The van der Waals surface area contributed by atoms with Crippen LogP contribution in [0.4, 0.5) is 0 Å². The number of aryl methyl sites for hydroxylation is 3. The first-order chi connectivity index (χ1) is 6.86. The van der Waals surface area contributed by atoms with E-state index in [-0.39, 0.29) is 0 Å². The topological polar surface area (TPSA) is 28.7 Å². The summed E-state index contributed by atoms with van der Waals surface area (Å²) < 4.78 is 0. The number of hydrogen-bond acceptors (Lipinski definition) is 1. The molecule has 1 aromatic carbocycles. The normalized spacial score (nSPS) is 13.5. The lowest BCUT2D eigenvalue weighted by Gasteiger charge is -2.16. The molecule has 0 saturated carbocycles. The molecule has 1 aliphatic carbocycles. The van der Waals surface area contributed by atoms with Crippen molar-refractivity contribution in [1.82, 2.24) is 9.97 Å². The Labute approximate surface area is 83.0 Å². The third-order valence-corrected chi connectivity index (χ3v) is 2.96. The van der Waals surface area contributed by atoms with E-state index >= 15 is 0 Å². The van der Waals surface area contributed by atoms with Crippen molar-refractivity contribution in [3.05, 3.63) is 41.3 Å². The van der Waals surface area contributed by atoms with Crippen LogP contribution in [0.25, 0.3) is 11.3 Å². The Morgan fingerprint density at radius 2 is 2.21 bits per heavy atom. The number of nitrogens with zero attached hydrogens (tertiary/aromatic N) is 1. The predicted octanol–water partition coefficient (Wildman–Crippen LogP) is 2.48. The first kappa shape index (κ1) is 7.80. The molecular weight excluding hydrogens is 172 g/mol. The van der Waals surface area contributed by atoms with Crippen LogP contribution < -0.4 is 0 Å².